The van der Waals surface area contributed by atoms with Gasteiger partial charge in [-0.1, -0.05) is 30.3 Å². The fourth-order valence-electron chi connectivity index (χ4n) is 2.11. The van der Waals surface area contributed by atoms with Crippen LogP contribution in [-0.4, -0.2) is 22.6 Å². The van der Waals surface area contributed by atoms with Gasteiger partial charge in [-0.15, -0.1) is 0 Å². The number of hydrogen-bond donors (Lipinski definition) is 0. The molecule has 22 heavy (non-hydrogen) atoms. The molecule has 0 unspecified atom stereocenters. The van der Waals surface area contributed by atoms with Crippen molar-refractivity contribution in [2.24, 2.45) is 0 Å². The highest BCUT2D eigenvalue weighted by atomic mass is 127. The Morgan fingerprint density at radius 3 is 2.59 bits per heavy atom. The van der Waals surface area contributed by atoms with E-state index in [9.17, 15) is 9.59 Å². The zero-order chi connectivity index (χ0) is 15.5. The summed E-state index contributed by atoms with van der Waals surface area (Å²) in [4.78, 5) is 26.0. The fourth-order valence-corrected chi connectivity index (χ4v) is 3.39. The molecule has 0 N–H and O–H groups in total. The summed E-state index contributed by atoms with van der Waals surface area (Å²) in [6, 6.07) is 13.4. The van der Waals surface area contributed by atoms with E-state index in [1.54, 1.807) is 12.1 Å². The van der Waals surface area contributed by atoms with Gasteiger partial charge in [0.2, 0.25) is 0 Å². The van der Waals surface area contributed by atoms with Crippen LogP contribution in [0, 0.1) is 3.77 Å². The van der Waals surface area contributed by atoms with Crippen LogP contribution in [0.15, 0.2) is 51.8 Å². The molecule has 1 aromatic carbocycles. The molecule has 2 aromatic rings. The lowest BCUT2D eigenvalue weighted by molar-refractivity contribution is -0.122. The fraction of sp³-hybridized carbons (Fsp3) is 0.125. The van der Waals surface area contributed by atoms with Crippen LogP contribution in [0.25, 0.3) is 6.08 Å². The Morgan fingerprint density at radius 1 is 1.14 bits per heavy atom. The maximum absolute atomic E-state index is 12.3. The second kappa shape index (κ2) is 6.70. The third-order valence-electron chi connectivity index (χ3n) is 3.21. The smallest absolute Gasteiger partial charge is 0.293 e. The first-order valence-corrected chi connectivity index (χ1v) is 8.57. The van der Waals surface area contributed by atoms with Crippen LogP contribution in [0.3, 0.4) is 0 Å². The van der Waals surface area contributed by atoms with Crippen LogP contribution in [0.2, 0.25) is 0 Å². The van der Waals surface area contributed by atoms with E-state index < -0.39 is 0 Å². The second-order valence-corrected chi connectivity index (χ2v) is 6.77. The molecule has 6 heteroatoms. The van der Waals surface area contributed by atoms with Gasteiger partial charge in [-0.3, -0.25) is 14.5 Å². The summed E-state index contributed by atoms with van der Waals surface area (Å²) < 4.78 is 6.15. The van der Waals surface area contributed by atoms with Gasteiger partial charge in [0.1, 0.15) is 5.76 Å². The number of halogens is 1. The van der Waals surface area contributed by atoms with Crippen molar-refractivity contribution in [3.8, 4) is 0 Å². The van der Waals surface area contributed by atoms with Crippen LogP contribution < -0.4 is 0 Å². The predicted octanol–water partition coefficient (Wildman–Crippen LogP) is 4.16. The van der Waals surface area contributed by atoms with E-state index in [0.717, 1.165) is 21.1 Å². The monoisotopic (exact) mass is 425 g/mol. The Bertz CT molecular complexity index is 739. The van der Waals surface area contributed by atoms with Gasteiger partial charge in [-0.25, -0.2) is 0 Å². The standard InChI is InChI=1S/C16H12INO3S/c17-14-7-6-12(21-14)10-13-15(19)18(16(20)22-13)9-8-11-4-2-1-3-5-11/h1-7,10H,8-9H2/b13-10-. The molecular weight excluding hydrogens is 413 g/mol. The average Bonchev–Trinajstić information content (AvgIpc) is 3.03. The van der Waals surface area contributed by atoms with Crippen LogP contribution in [0.1, 0.15) is 11.3 Å². The summed E-state index contributed by atoms with van der Waals surface area (Å²) in [6.07, 6.45) is 2.28. The number of nitrogens with zero attached hydrogens (tertiary/aromatic N) is 1. The lowest BCUT2D eigenvalue weighted by atomic mass is 10.1. The number of hydrogen-bond acceptors (Lipinski definition) is 4. The minimum absolute atomic E-state index is 0.228. The van der Waals surface area contributed by atoms with E-state index in [1.807, 2.05) is 36.4 Å². The van der Waals surface area contributed by atoms with Crippen LogP contribution in [-0.2, 0) is 11.2 Å². The summed E-state index contributed by atoms with van der Waals surface area (Å²) in [5.41, 5.74) is 1.10. The summed E-state index contributed by atoms with van der Waals surface area (Å²) in [6.45, 7) is 0.391. The average molecular weight is 425 g/mol. The Morgan fingerprint density at radius 2 is 1.91 bits per heavy atom. The van der Waals surface area contributed by atoms with Crippen molar-refractivity contribution < 1.29 is 14.0 Å². The largest absolute Gasteiger partial charge is 0.451 e. The van der Waals surface area contributed by atoms with E-state index in [-0.39, 0.29) is 11.1 Å². The first-order chi connectivity index (χ1) is 10.6. The molecule has 0 aliphatic carbocycles. The van der Waals surface area contributed by atoms with Gasteiger partial charge in [0.15, 0.2) is 3.77 Å². The molecule has 3 rings (SSSR count). The van der Waals surface area contributed by atoms with Crippen molar-refractivity contribution in [2.45, 2.75) is 6.42 Å². The van der Waals surface area contributed by atoms with Gasteiger partial charge in [-0.2, -0.15) is 0 Å². The number of imide groups is 1. The molecule has 1 aliphatic rings. The molecule has 1 saturated heterocycles. The summed E-state index contributed by atoms with van der Waals surface area (Å²) in [5.74, 6) is 0.329. The Labute approximate surface area is 145 Å². The summed E-state index contributed by atoms with van der Waals surface area (Å²) in [5, 5.41) is -0.228. The molecule has 1 aliphatic heterocycles. The second-order valence-electron chi connectivity index (χ2n) is 4.71. The third kappa shape index (κ3) is 3.44. The molecule has 0 radical (unpaired) electrons. The molecule has 0 atom stereocenters. The van der Waals surface area contributed by atoms with Crippen molar-refractivity contribution in [1.82, 2.24) is 4.90 Å². The summed E-state index contributed by atoms with van der Waals surface area (Å²) >= 11 is 3.01. The third-order valence-corrected chi connectivity index (χ3v) is 4.70. The SMILES string of the molecule is O=C1S/C(=C\c2ccc(I)o2)C(=O)N1CCc1ccccc1. The van der Waals surface area contributed by atoms with Crippen LogP contribution in [0.4, 0.5) is 4.79 Å². The van der Waals surface area contributed by atoms with Crippen molar-refractivity contribution in [2.75, 3.05) is 6.54 Å². The molecule has 112 valence electrons. The van der Waals surface area contributed by atoms with Crippen LogP contribution >= 0.6 is 34.4 Å². The topological polar surface area (TPSA) is 50.5 Å². The van der Waals surface area contributed by atoms with Gasteiger partial charge < -0.3 is 4.42 Å². The highest BCUT2D eigenvalue weighted by molar-refractivity contribution is 14.1. The van der Waals surface area contributed by atoms with E-state index in [4.69, 9.17) is 4.42 Å². The van der Waals surface area contributed by atoms with E-state index in [0.29, 0.717) is 23.6 Å². The maximum Gasteiger partial charge on any atom is 0.293 e. The minimum atomic E-state index is -0.252. The van der Waals surface area contributed by atoms with Crippen molar-refractivity contribution >= 4 is 51.6 Å². The zero-order valence-electron chi connectivity index (χ0n) is 11.5. The van der Waals surface area contributed by atoms with Gasteiger partial charge in [0.25, 0.3) is 11.1 Å². The number of thioether (sulfide) groups is 1. The molecule has 0 saturated carbocycles. The predicted molar refractivity (Wildman–Crippen MR) is 94.2 cm³/mol. The van der Waals surface area contributed by atoms with Gasteiger partial charge in [0.05, 0.1) is 4.91 Å². The molecule has 4 nitrogen and oxygen atoms in total. The van der Waals surface area contributed by atoms with Crippen molar-refractivity contribution in [3.05, 3.63) is 62.5 Å². The molecule has 0 bridgehead atoms. The quantitative estimate of drug-likeness (QED) is 0.545. The molecular formula is C16H12INO3S. The zero-order valence-corrected chi connectivity index (χ0v) is 14.5. The Kier molecular flexibility index (Phi) is 4.68. The number of rotatable bonds is 4. The lowest BCUT2D eigenvalue weighted by Gasteiger charge is -2.11. The minimum Gasteiger partial charge on any atom is -0.451 e. The maximum atomic E-state index is 12.3. The highest BCUT2D eigenvalue weighted by Crippen LogP contribution is 2.32. The normalized spacial score (nSPS) is 16.8. The molecule has 0 spiro atoms. The van der Waals surface area contributed by atoms with Gasteiger partial charge in [0, 0.05) is 12.6 Å². The number of amides is 2. The molecule has 1 fully saturated rings. The number of carbonyl (C=O) groups is 2. The van der Waals surface area contributed by atoms with Gasteiger partial charge in [-0.05, 0) is 58.5 Å². The Hall–Kier alpha value is -1.54. The molecule has 1 aromatic heterocycles. The van der Waals surface area contributed by atoms with Crippen LogP contribution in [0.5, 0.6) is 0 Å². The summed E-state index contributed by atoms with van der Waals surface area (Å²) in [7, 11) is 0. The highest BCUT2D eigenvalue weighted by Gasteiger charge is 2.34. The molecule has 2 heterocycles. The molecule has 2 amide bonds. The Balaban J connectivity index is 1.70. The van der Waals surface area contributed by atoms with Crippen molar-refractivity contribution in [1.29, 1.82) is 0 Å². The van der Waals surface area contributed by atoms with E-state index in [2.05, 4.69) is 22.6 Å². The lowest BCUT2D eigenvalue weighted by Crippen LogP contribution is -2.30. The van der Waals surface area contributed by atoms with E-state index in [1.165, 1.54) is 4.90 Å². The van der Waals surface area contributed by atoms with Gasteiger partial charge >= 0.3 is 0 Å². The van der Waals surface area contributed by atoms with Crippen molar-refractivity contribution in [3.63, 3.8) is 0 Å². The number of carbonyl (C=O) groups excluding carboxylic acids is 2. The number of furan rings is 1. The first-order valence-electron chi connectivity index (χ1n) is 6.68. The first kappa shape index (κ1) is 15.4. The van der Waals surface area contributed by atoms with E-state index >= 15 is 0 Å². The number of benzene rings is 1.